The summed E-state index contributed by atoms with van der Waals surface area (Å²) in [6, 6.07) is 0. The minimum absolute atomic E-state index is 0.766. The van der Waals surface area contributed by atoms with Crippen LogP contribution in [0.25, 0.3) is 0 Å². The number of nitrogens with zero attached hydrogens (tertiary/aromatic N) is 2. The lowest BCUT2D eigenvalue weighted by Gasteiger charge is -2.22. The number of hydrogen-bond donors (Lipinski definition) is 0. The van der Waals surface area contributed by atoms with Crippen molar-refractivity contribution in [1.29, 1.82) is 0 Å². The minimum atomic E-state index is 0.766. The topological polar surface area (TPSA) is 15.6 Å². The molecule has 0 atom stereocenters. The maximum atomic E-state index is 4.57. The summed E-state index contributed by atoms with van der Waals surface area (Å²) in [5, 5.41) is 6.60. The van der Waals surface area contributed by atoms with Gasteiger partial charge in [0.1, 0.15) is 0 Å². The van der Waals surface area contributed by atoms with Crippen LogP contribution in [0, 0.1) is 5.92 Å². The zero-order valence-electron chi connectivity index (χ0n) is 9.21. The van der Waals surface area contributed by atoms with Crippen LogP contribution in [0.3, 0.4) is 0 Å². The quantitative estimate of drug-likeness (QED) is 0.484. The van der Waals surface area contributed by atoms with Gasteiger partial charge in [-0.2, -0.15) is 5.10 Å². The third-order valence-electron chi connectivity index (χ3n) is 2.98. The molecule has 1 aliphatic carbocycles. The Balaban J connectivity index is 2.44. The molecule has 0 aliphatic heterocycles. The predicted molar refractivity (Wildman–Crippen MR) is 58.0 cm³/mol. The van der Waals surface area contributed by atoms with E-state index in [9.17, 15) is 0 Å². The van der Waals surface area contributed by atoms with E-state index in [0.717, 1.165) is 12.5 Å². The largest absolute Gasteiger partial charge is 0.300 e. The molecule has 0 aromatic carbocycles. The van der Waals surface area contributed by atoms with Gasteiger partial charge in [0.15, 0.2) is 0 Å². The van der Waals surface area contributed by atoms with Crippen LogP contribution >= 0.6 is 0 Å². The summed E-state index contributed by atoms with van der Waals surface area (Å²) in [5.41, 5.74) is 1.34. The fourth-order valence-electron chi connectivity index (χ4n) is 1.94. The third kappa shape index (κ3) is 3.37. The first-order valence-electron chi connectivity index (χ1n) is 5.50. The molecule has 0 saturated heterocycles. The summed E-state index contributed by atoms with van der Waals surface area (Å²) in [7, 11) is 2.05. The highest BCUT2D eigenvalue weighted by Gasteiger charge is 2.16. The molecule has 13 heavy (non-hydrogen) atoms. The van der Waals surface area contributed by atoms with Gasteiger partial charge in [-0.25, -0.2) is 0 Å². The Hall–Kier alpha value is -0.530. The zero-order chi connectivity index (χ0) is 9.68. The molecule has 0 unspecified atom stereocenters. The number of hydrogen-bond acceptors (Lipinski definition) is 2. The molecular formula is C11H22N2. The van der Waals surface area contributed by atoms with Crippen molar-refractivity contribution in [3.05, 3.63) is 0 Å². The molecule has 1 aliphatic rings. The molecule has 0 radical (unpaired) electrons. The summed E-state index contributed by atoms with van der Waals surface area (Å²) in [6.07, 6.45) is 6.92. The fourth-order valence-corrected chi connectivity index (χ4v) is 1.94. The van der Waals surface area contributed by atoms with Crippen LogP contribution < -0.4 is 0 Å². The van der Waals surface area contributed by atoms with Crippen molar-refractivity contribution in [2.75, 3.05) is 13.6 Å². The molecular weight excluding hydrogens is 160 g/mol. The first-order chi connectivity index (χ1) is 6.24. The molecule has 1 rings (SSSR count). The smallest absolute Gasteiger partial charge is 0.0380 e. The van der Waals surface area contributed by atoms with E-state index in [-0.39, 0.29) is 0 Å². The Morgan fingerprint density at radius 2 is 1.92 bits per heavy atom. The predicted octanol–water partition coefficient (Wildman–Crippen LogP) is 2.89. The van der Waals surface area contributed by atoms with Crippen molar-refractivity contribution in [1.82, 2.24) is 5.01 Å². The van der Waals surface area contributed by atoms with E-state index < -0.39 is 0 Å². The Morgan fingerprint density at radius 3 is 2.46 bits per heavy atom. The lowest BCUT2D eigenvalue weighted by Crippen LogP contribution is -2.20. The molecule has 0 aromatic heterocycles. The average molecular weight is 182 g/mol. The van der Waals surface area contributed by atoms with Gasteiger partial charge in [0, 0.05) is 19.3 Å². The Morgan fingerprint density at radius 1 is 1.31 bits per heavy atom. The van der Waals surface area contributed by atoms with Gasteiger partial charge in [-0.05, 0) is 32.6 Å². The van der Waals surface area contributed by atoms with E-state index in [1.54, 1.807) is 0 Å². The lowest BCUT2D eigenvalue weighted by atomic mass is 9.86. The molecule has 0 aromatic rings. The van der Waals surface area contributed by atoms with Gasteiger partial charge in [-0.1, -0.05) is 19.3 Å². The summed E-state index contributed by atoms with van der Waals surface area (Å²) >= 11 is 0. The lowest BCUT2D eigenvalue weighted by molar-refractivity contribution is 0.363. The Labute approximate surface area is 82.0 Å². The molecule has 2 heteroatoms. The molecule has 0 heterocycles. The SMILES string of the molecule is CCN(C)/N=C(\C)C1CCCCC1. The molecule has 1 fully saturated rings. The third-order valence-corrected chi connectivity index (χ3v) is 2.98. The van der Waals surface area contributed by atoms with Crippen LogP contribution in [-0.2, 0) is 0 Å². The molecule has 1 saturated carbocycles. The summed E-state index contributed by atoms with van der Waals surface area (Å²) in [5.74, 6) is 0.766. The Bertz CT molecular complexity index is 169. The van der Waals surface area contributed by atoms with Crippen molar-refractivity contribution >= 4 is 5.71 Å². The van der Waals surface area contributed by atoms with Crippen molar-refractivity contribution in [3.63, 3.8) is 0 Å². The van der Waals surface area contributed by atoms with Crippen molar-refractivity contribution in [2.24, 2.45) is 11.0 Å². The van der Waals surface area contributed by atoms with E-state index in [4.69, 9.17) is 0 Å². The zero-order valence-corrected chi connectivity index (χ0v) is 9.21. The molecule has 0 amide bonds. The van der Waals surface area contributed by atoms with Crippen LogP contribution in [0.5, 0.6) is 0 Å². The normalized spacial score (nSPS) is 20.4. The van der Waals surface area contributed by atoms with Gasteiger partial charge in [0.25, 0.3) is 0 Å². The van der Waals surface area contributed by atoms with Crippen LogP contribution in [0.1, 0.15) is 46.0 Å². The van der Waals surface area contributed by atoms with Gasteiger partial charge in [0.05, 0.1) is 0 Å². The second kappa shape index (κ2) is 5.25. The van der Waals surface area contributed by atoms with Crippen LogP contribution in [-0.4, -0.2) is 24.3 Å². The number of rotatable bonds is 3. The van der Waals surface area contributed by atoms with Crippen molar-refractivity contribution in [3.8, 4) is 0 Å². The van der Waals surface area contributed by atoms with Crippen LogP contribution in [0.4, 0.5) is 0 Å². The fraction of sp³-hybridized carbons (Fsp3) is 0.909. The summed E-state index contributed by atoms with van der Waals surface area (Å²) in [4.78, 5) is 0. The highest BCUT2D eigenvalue weighted by molar-refractivity contribution is 5.84. The van der Waals surface area contributed by atoms with E-state index in [1.807, 2.05) is 12.1 Å². The van der Waals surface area contributed by atoms with Crippen LogP contribution in [0.2, 0.25) is 0 Å². The first kappa shape index (κ1) is 10.6. The number of hydrazone groups is 1. The Kier molecular flexibility index (Phi) is 4.26. The second-order valence-electron chi connectivity index (χ2n) is 4.05. The van der Waals surface area contributed by atoms with E-state index in [1.165, 1.54) is 37.8 Å². The highest BCUT2D eigenvalue weighted by atomic mass is 15.4. The summed E-state index contributed by atoms with van der Waals surface area (Å²) in [6.45, 7) is 5.32. The van der Waals surface area contributed by atoms with Gasteiger partial charge in [-0.3, -0.25) is 0 Å². The summed E-state index contributed by atoms with van der Waals surface area (Å²) < 4.78 is 0. The maximum absolute atomic E-state index is 4.57. The van der Waals surface area contributed by atoms with Gasteiger partial charge in [-0.15, -0.1) is 0 Å². The second-order valence-corrected chi connectivity index (χ2v) is 4.05. The van der Waals surface area contributed by atoms with E-state index in [2.05, 4.69) is 18.9 Å². The monoisotopic (exact) mass is 182 g/mol. The molecule has 0 spiro atoms. The standard InChI is InChI=1S/C11H22N2/c1-4-13(3)12-10(2)11-8-6-5-7-9-11/h11H,4-9H2,1-3H3/b12-10+. The van der Waals surface area contributed by atoms with Gasteiger partial charge in [0.2, 0.25) is 0 Å². The van der Waals surface area contributed by atoms with E-state index >= 15 is 0 Å². The molecule has 2 nitrogen and oxygen atoms in total. The highest BCUT2D eigenvalue weighted by Crippen LogP contribution is 2.24. The first-order valence-corrected chi connectivity index (χ1v) is 5.50. The maximum Gasteiger partial charge on any atom is 0.0380 e. The van der Waals surface area contributed by atoms with E-state index in [0.29, 0.717) is 0 Å². The van der Waals surface area contributed by atoms with Crippen LogP contribution in [0.15, 0.2) is 5.10 Å². The van der Waals surface area contributed by atoms with Gasteiger partial charge >= 0.3 is 0 Å². The van der Waals surface area contributed by atoms with Crippen molar-refractivity contribution < 1.29 is 0 Å². The van der Waals surface area contributed by atoms with Gasteiger partial charge < -0.3 is 5.01 Å². The van der Waals surface area contributed by atoms with Crippen molar-refractivity contribution in [2.45, 2.75) is 46.0 Å². The molecule has 0 N–H and O–H groups in total. The molecule has 0 bridgehead atoms. The average Bonchev–Trinajstić information content (AvgIpc) is 2.19. The minimum Gasteiger partial charge on any atom is -0.300 e. The molecule has 76 valence electrons.